The van der Waals surface area contributed by atoms with Crippen molar-refractivity contribution in [1.82, 2.24) is 10.6 Å². The molecule has 0 radical (unpaired) electrons. The number of halogens is 3. The molecule has 0 spiro atoms. The number of rotatable bonds is 10. The summed E-state index contributed by atoms with van der Waals surface area (Å²) in [5.41, 5.74) is 0.0314. The Kier molecular flexibility index (Phi) is 8.93. The lowest BCUT2D eigenvalue weighted by molar-refractivity contribution is -0.143. The van der Waals surface area contributed by atoms with E-state index in [0.717, 1.165) is 6.07 Å². The van der Waals surface area contributed by atoms with Crippen LogP contribution in [0.25, 0.3) is 0 Å². The molecule has 0 unspecified atom stereocenters. The lowest BCUT2D eigenvalue weighted by atomic mass is 9.87. The SMILES string of the molecule is O=C(NCCNC(=O)c1ccc(OC2CCC(C(=O)O)CC2)cc1F)c1ccc(OC(F)F)cc1. The summed E-state index contributed by atoms with van der Waals surface area (Å²) < 4.78 is 48.7. The largest absolute Gasteiger partial charge is 0.490 e. The highest BCUT2D eigenvalue weighted by molar-refractivity contribution is 5.95. The third-order valence-corrected chi connectivity index (χ3v) is 5.55. The molecule has 0 aromatic heterocycles. The molecule has 0 bridgehead atoms. The molecule has 1 fully saturated rings. The first kappa shape index (κ1) is 25.9. The predicted molar refractivity (Wildman–Crippen MR) is 118 cm³/mol. The Morgan fingerprint density at radius 2 is 1.51 bits per heavy atom. The molecular weight excluding hydrogens is 469 g/mol. The summed E-state index contributed by atoms with van der Waals surface area (Å²) in [7, 11) is 0. The van der Waals surface area contributed by atoms with Crippen LogP contribution in [-0.2, 0) is 4.79 Å². The third-order valence-electron chi connectivity index (χ3n) is 5.55. The minimum atomic E-state index is -2.96. The van der Waals surface area contributed by atoms with Crippen molar-refractivity contribution in [2.75, 3.05) is 13.1 Å². The summed E-state index contributed by atoms with van der Waals surface area (Å²) in [6, 6.07) is 9.00. The lowest BCUT2D eigenvalue weighted by Crippen LogP contribution is -2.35. The normalized spacial score (nSPS) is 17.5. The molecule has 3 rings (SSSR count). The van der Waals surface area contributed by atoms with Gasteiger partial charge in [-0.05, 0) is 62.1 Å². The van der Waals surface area contributed by atoms with E-state index in [1.165, 1.54) is 36.4 Å². The van der Waals surface area contributed by atoms with Gasteiger partial charge in [-0.3, -0.25) is 14.4 Å². The molecule has 0 heterocycles. The molecule has 1 saturated carbocycles. The van der Waals surface area contributed by atoms with Gasteiger partial charge in [-0.15, -0.1) is 0 Å². The van der Waals surface area contributed by atoms with Crippen molar-refractivity contribution in [3.05, 3.63) is 59.4 Å². The van der Waals surface area contributed by atoms with Crippen molar-refractivity contribution in [1.29, 1.82) is 0 Å². The van der Waals surface area contributed by atoms with Crippen LogP contribution >= 0.6 is 0 Å². The van der Waals surface area contributed by atoms with E-state index in [-0.39, 0.29) is 47.7 Å². The van der Waals surface area contributed by atoms with Crippen molar-refractivity contribution in [3.63, 3.8) is 0 Å². The van der Waals surface area contributed by atoms with Crippen LogP contribution in [0.1, 0.15) is 46.4 Å². The van der Waals surface area contributed by atoms with Crippen LogP contribution < -0.4 is 20.1 Å². The van der Waals surface area contributed by atoms with Gasteiger partial charge in [0.2, 0.25) is 0 Å². The molecule has 8 nitrogen and oxygen atoms in total. The highest BCUT2D eigenvalue weighted by atomic mass is 19.3. The Hall–Kier alpha value is -3.76. The van der Waals surface area contributed by atoms with E-state index in [4.69, 9.17) is 9.84 Å². The van der Waals surface area contributed by atoms with Crippen molar-refractivity contribution < 1.29 is 42.1 Å². The zero-order chi connectivity index (χ0) is 25.4. The molecule has 2 aromatic carbocycles. The number of alkyl halides is 2. The maximum absolute atomic E-state index is 14.4. The average Bonchev–Trinajstić information content (AvgIpc) is 2.82. The highest BCUT2D eigenvalue weighted by Crippen LogP contribution is 2.28. The second-order valence-corrected chi connectivity index (χ2v) is 7.99. The molecule has 0 aliphatic heterocycles. The fraction of sp³-hybridized carbons (Fsp3) is 0.375. The van der Waals surface area contributed by atoms with Crippen LogP contribution in [-0.4, -0.2) is 48.7 Å². The average molecular weight is 494 g/mol. The summed E-state index contributed by atoms with van der Waals surface area (Å²) in [6.07, 6.45) is 1.90. The van der Waals surface area contributed by atoms with Gasteiger partial charge in [-0.25, -0.2) is 4.39 Å². The van der Waals surface area contributed by atoms with Gasteiger partial charge in [-0.2, -0.15) is 8.78 Å². The Bertz CT molecular complexity index is 1040. The van der Waals surface area contributed by atoms with Gasteiger partial charge in [0.05, 0.1) is 17.6 Å². The molecule has 1 aliphatic carbocycles. The maximum atomic E-state index is 14.4. The van der Waals surface area contributed by atoms with Crippen molar-refractivity contribution in [2.45, 2.75) is 38.4 Å². The van der Waals surface area contributed by atoms with E-state index < -0.39 is 30.2 Å². The van der Waals surface area contributed by atoms with Crippen molar-refractivity contribution >= 4 is 17.8 Å². The van der Waals surface area contributed by atoms with Crippen LogP contribution in [0.3, 0.4) is 0 Å². The number of amides is 2. The quantitative estimate of drug-likeness (QED) is 0.435. The molecule has 2 amide bonds. The van der Waals surface area contributed by atoms with E-state index in [9.17, 15) is 27.6 Å². The molecule has 0 saturated heterocycles. The van der Waals surface area contributed by atoms with Gasteiger partial charge in [0, 0.05) is 24.7 Å². The van der Waals surface area contributed by atoms with Gasteiger partial charge >= 0.3 is 12.6 Å². The zero-order valence-corrected chi connectivity index (χ0v) is 18.6. The topological polar surface area (TPSA) is 114 Å². The van der Waals surface area contributed by atoms with Crippen LogP contribution in [0.4, 0.5) is 13.2 Å². The molecule has 11 heteroatoms. The van der Waals surface area contributed by atoms with Crippen LogP contribution in [0.5, 0.6) is 11.5 Å². The van der Waals surface area contributed by atoms with Crippen molar-refractivity contribution in [2.24, 2.45) is 5.92 Å². The monoisotopic (exact) mass is 494 g/mol. The molecule has 1 aliphatic rings. The number of carboxylic acids is 1. The third kappa shape index (κ3) is 7.62. The first-order valence-corrected chi connectivity index (χ1v) is 11.0. The highest BCUT2D eigenvalue weighted by Gasteiger charge is 2.27. The predicted octanol–water partition coefficient (Wildman–Crippen LogP) is 3.61. The summed E-state index contributed by atoms with van der Waals surface area (Å²) in [5, 5.41) is 14.1. The molecule has 3 N–H and O–H groups in total. The van der Waals surface area contributed by atoms with E-state index >= 15 is 0 Å². The minimum Gasteiger partial charge on any atom is -0.490 e. The summed E-state index contributed by atoms with van der Waals surface area (Å²) in [4.78, 5) is 35.4. The van der Waals surface area contributed by atoms with E-state index in [1.54, 1.807) is 0 Å². The fourth-order valence-electron chi connectivity index (χ4n) is 3.71. The number of aliphatic carboxylic acids is 1. The van der Waals surface area contributed by atoms with E-state index in [2.05, 4.69) is 15.4 Å². The number of hydrogen-bond donors (Lipinski definition) is 3. The van der Waals surface area contributed by atoms with Gasteiger partial charge < -0.3 is 25.2 Å². The summed E-state index contributed by atoms with van der Waals surface area (Å²) in [5.74, 6) is -2.93. The number of ether oxygens (including phenoxy) is 2. The number of carbonyl (C=O) groups is 3. The minimum absolute atomic E-state index is 0.0294. The Labute approximate surface area is 199 Å². The molecular formula is C24H25F3N2O6. The molecule has 35 heavy (non-hydrogen) atoms. The number of carboxylic acid groups (broad SMARTS) is 1. The standard InChI is InChI=1S/C24H25F3N2O6/c25-20-13-18(34-16-7-3-15(4-8-16)23(32)33)9-10-19(20)22(31)29-12-11-28-21(30)14-1-5-17(6-2-14)35-24(26)27/h1-2,5-6,9-10,13,15-16,24H,3-4,7-8,11-12H2,(H,28,30)(H,29,31)(H,32,33). The Morgan fingerprint density at radius 3 is 2.09 bits per heavy atom. The van der Waals surface area contributed by atoms with Gasteiger partial charge in [0.1, 0.15) is 17.3 Å². The van der Waals surface area contributed by atoms with Gasteiger partial charge in [-0.1, -0.05) is 0 Å². The first-order valence-electron chi connectivity index (χ1n) is 11.0. The molecule has 2 aromatic rings. The van der Waals surface area contributed by atoms with Crippen LogP contribution in [0, 0.1) is 11.7 Å². The Morgan fingerprint density at radius 1 is 0.914 bits per heavy atom. The smallest absolute Gasteiger partial charge is 0.387 e. The van der Waals surface area contributed by atoms with Crippen molar-refractivity contribution in [3.8, 4) is 11.5 Å². The van der Waals surface area contributed by atoms with Crippen LogP contribution in [0.2, 0.25) is 0 Å². The molecule has 0 atom stereocenters. The first-order chi connectivity index (χ1) is 16.7. The zero-order valence-electron chi connectivity index (χ0n) is 18.6. The fourth-order valence-corrected chi connectivity index (χ4v) is 3.71. The Balaban J connectivity index is 1.42. The van der Waals surface area contributed by atoms with E-state index in [1.807, 2.05) is 0 Å². The van der Waals surface area contributed by atoms with Crippen LogP contribution in [0.15, 0.2) is 42.5 Å². The molecule has 188 valence electrons. The summed E-state index contributed by atoms with van der Waals surface area (Å²) >= 11 is 0. The number of benzene rings is 2. The van der Waals surface area contributed by atoms with E-state index in [0.29, 0.717) is 25.7 Å². The second-order valence-electron chi connectivity index (χ2n) is 7.99. The summed E-state index contributed by atoms with van der Waals surface area (Å²) in [6.45, 7) is -2.87. The number of carbonyl (C=O) groups excluding carboxylic acids is 2. The number of hydrogen-bond acceptors (Lipinski definition) is 5. The lowest BCUT2D eigenvalue weighted by Gasteiger charge is -2.26. The maximum Gasteiger partial charge on any atom is 0.387 e. The second kappa shape index (κ2) is 12.1. The van der Waals surface area contributed by atoms with Gasteiger partial charge in [0.15, 0.2) is 0 Å². The van der Waals surface area contributed by atoms with Gasteiger partial charge in [0.25, 0.3) is 11.8 Å². The number of nitrogens with one attached hydrogen (secondary N) is 2.